The van der Waals surface area contributed by atoms with Crippen molar-refractivity contribution in [2.75, 3.05) is 19.3 Å². The van der Waals surface area contributed by atoms with Crippen molar-refractivity contribution in [1.82, 2.24) is 9.37 Å². The maximum Gasteiger partial charge on any atom is 0.338 e. The Morgan fingerprint density at radius 1 is 1.47 bits per heavy atom. The van der Waals surface area contributed by atoms with Crippen LogP contribution in [0.2, 0.25) is 0 Å². The first kappa shape index (κ1) is 12.2. The molecule has 1 saturated heterocycles. The van der Waals surface area contributed by atoms with Gasteiger partial charge in [0.2, 0.25) is 10.0 Å². The smallest absolute Gasteiger partial charge is 0.338 e. The van der Waals surface area contributed by atoms with Gasteiger partial charge < -0.3 is 5.73 Å². The molecule has 0 aromatic carbocycles. The minimum absolute atomic E-state index is 0.299. The molecule has 0 unspecified atom stereocenters. The number of hydrogen-bond acceptors (Lipinski definition) is 4. The van der Waals surface area contributed by atoms with Gasteiger partial charge in [0.25, 0.3) is 0 Å². The average molecular weight is 237 g/mol. The summed E-state index contributed by atoms with van der Waals surface area (Å²) in [5, 5.41) is 9.70. The number of rotatable bonds is 2. The van der Waals surface area contributed by atoms with Gasteiger partial charge in [-0.3, -0.25) is 5.21 Å². The van der Waals surface area contributed by atoms with Crippen molar-refractivity contribution < 1.29 is 18.4 Å². The molecule has 0 radical (unpaired) electrons. The summed E-state index contributed by atoms with van der Waals surface area (Å²) < 4.78 is 23.6. The second-order valence-corrected chi connectivity index (χ2v) is 5.56. The summed E-state index contributed by atoms with van der Waals surface area (Å²) in [6, 6.07) is -1.30. The van der Waals surface area contributed by atoms with Crippen LogP contribution in [0, 0.1) is 0 Å². The van der Waals surface area contributed by atoms with Crippen LogP contribution in [0.4, 0.5) is 4.79 Å². The molecule has 7 nitrogen and oxygen atoms in total. The standard InChI is InChI=1S/C7H15N3O4S/c1-15(13,14)9-4-2-6(3-5-9)10(12)7(8)11/h6,12H,2-5H2,1H3,(H2,8,11). The predicted octanol–water partition coefficient (Wildman–Crippen LogP) is -0.820. The number of carbonyl (C=O) groups is 1. The maximum absolute atomic E-state index is 11.2. The topological polar surface area (TPSA) is 104 Å². The van der Waals surface area contributed by atoms with Crippen LogP contribution >= 0.6 is 0 Å². The number of carbonyl (C=O) groups excluding carboxylic acids is 1. The third-order valence-electron chi connectivity index (χ3n) is 2.46. The zero-order valence-corrected chi connectivity index (χ0v) is 9.27. The molecule has 0 bridgehead atoms. The Morgan fingerprint density at radius 3 is 2.27 bits per heavy atom. The molecular weight excluding hydrogens is 222 g/mol. The molecule has 0 saturated carbocycles. The van der Waals surface area contributed by atoms with Crippen LogP contribution in [0.15, 0.2) is 0 Å². The van der Waals surface area contributed by atoms with Gasteiger partial charge in [-0.25, -0.2) is 22.6 Å². The maximum atomic E-state index is 11.2. The van der Waals surface area contributed by atoms with E-state index in [1.54, 1.807) is 0 Å². The van der Waals surface area contributed by atoms with Crippen molar-refractivity contribution in [3.05, 3.63) is 0 Å². The number of sulfonamides is 1. The van der Waals surface area contributed by atoms with Gasteiger partial charge in [0, 0.05) is 13.1 Å². The lowest BCUT2D eigenvalue weighted by Gasteiger charge is -2.33. The van der Waals surface area contributed by atoms with Gasteiger partial charge in [0.15, 0.2) is 0 Å². The number of primary amides is 1. The van der Waals surface area contributed by atoms with Crippen molar-refractivity contribution in [2.45, 2.75) is 18.9 Å². The van der Waals surface area contributed by atoms with Crippen LogP contribution in [0.25, 0.3) is 0 Å². The second kappa shape index (κ2) is 4.33. The largest absolute Gasteiger partial charge is 0.350 e. The Hall–Kier alpha value is -0.860. The summed E-state index contributed by atoms with van der Waals surface area (Å²) >= 11 is 0. The van der Waals surface area contributed by atoms with Crippen LogP contribution < -0.4 is 5.73 Å². The number of amides is 2. The third-order valence-corrected chi connectivity index (χ3v) is 3.77. The summed E-state index contributed by atoms with van der Waals surface area (Å²) in [6.07, 6.45) is 1.93. The lowest BCUT2D eigenvalue weighted by molar-refractivity contribution is -0.0857. The molecule has 88 valence electrons. The molecule has 0 atom stereocenters. The van der Waals surface area contributed by atoms with Crippen LogP contribution in [0.5, 0.6) is 0 Å². The van der Waals surface area contributed by atoms with Crippen LogP contribution in [0.1, 0.15) is 12.8 Å². The molecule has 0 aliphatic carbocycles. The van der Waals surface area contributed by atoms with E-state index in [0.717, 1.165) is 6.26 Å². The normalized spacial score (nSPS) is 20.1. The number of nitrogens with zero attached hydrogens (tertiary/aromatic N) is 2. The highest BCUT2D eigenvalue weighted by Gasteiger charge is 2.29. The van der Waals surface area contributed by atoms with Crippen molar-refractivity contribution >= 4 is 16.1 Å². The zero-order chi connectivity index (χ0) is 11.6. The lowest BCUT2D eigenvalue weighted by atomic mass is 10.1. The van der Waals surface area contributed by atoms with Gasteiger partial charge in [-0.05, 0) is 12.8 Å². The Balaban J connectivity index is 2.53. The molecule has 1 aliphatic heterocycles. The summed E-state index contributed by atoms with van der Waals surface area (Å²) in [5.74, 6) is 0. The van der Waals surface area contributed by atoms with Crippen molar-refractivity contribution in [3.63, 3.8) is 0 Å². The molecule has 0 aromatic rings. The fourth-order valence-corrected chi connectivity index (χ4v) is 2.47. The van der Waals surface area contributed by atoms with Gasteiger partial charge in [0.05, 0.1) is 12.3 Å². The number of hydrogen-bond donors (Lipinski definition) is 2. The quantitative estimate of drug-likeness (QED) is 0.483. The molecule has 15 heavy (non-hydrogen) atoms. The van der Waals surface area contributed by atoms with Crippen LogP contribution in [0.3, 0.4) is 0 Å². The molecule has 2 amide bonds. The number of urea groups is 1. The van der Waals surface area contributed by atoms with Crippen molar-refractivity contribution in [1.29, 1.82) is 0 Å². The lowest BCUT2D eigenvalue weighted by Crippen LogP contribution is -2.48. The highest BCUT2D eigenvalue weighted by Crippen LogP contribution is 2.16. The number of hydroxylamine groups is 2. The SMILES string of the molecule is CS(=O)(=O)N1CCC(N(O)C(N)=O)CC1. The number of nitrogens with two attached hydrogens (primary N) is 1. The third kappa shape index (κ3) is 3.05. The first-order chi connectivity index (χ1) is 6.82. The Bertz CT molecular complexity index is 334. The van der Waals surface area contributed by atoms with E-state index in [4.69, 9.17) is 5.73 Å². The van der Waals surface area contributed by atoms with Crippen LogP contribution in [-0.2, 0) is 10.0 Å². The fourth-order valence-electron chi connectivity index (χ4n) is 1.60. The van der Waals surface area contributed by atoms with Gasteiger partial charge >= 0.3 is 6.03 Å². The summed E-state index contributed by atoms with van der Waals surface area (Å²) in [6.45, 7) is 0.599. The van der Waals surface area contributed by atoms with Gasteiger partial charge in [0.1, 0.15) is 0 Å². The Labute approximate surface area is 88.5 Å². The molecule has 1 aliphatic rings. The van der Waals surface area contributed by atoms with Gasteiger partial charge in [-0.15, -0.1) is 0 Å². The Kier molecular flexibility index (Phi) is 3.53. The van der Waals surface area contributed by atoms with Gasteiger partial charge in [-0.2, -0.15) is 0 Å². The van der Waals surface area contributed by atoms with E-state index < -0.39 is 16.1 Å². The molecule has 8 heteroatoms. The molecule has 1 heterocycles. The summed E-state index contributed by atoms with van der Waals surface area (Å²) in [4.78, 5) is 10.6. The average Bonchev–Trinajstić information content (AvgIpc) is 2.15. The van der Waals surface area contributed by atoms with E-state index in [-0.39, 0.29) is 6.04 Å². The Morgan fingerprint density at radius 2 is 1.93 bits per heavy atom. The molecule has 1 fully saturated rings. The summed E-state index contributed by atoms with van der Waals surface area (Å²) in [7, 11) is -3.18. The molecule has 1 rings (SSSR count). The van der Waals surface area contributed by atoms with E-state index >= 15 is 0 Å². The molecular formula is C7H15N3O4S. The monoisotopic (exact) mass is 237 g/mol. The van der Waals surface area contributed by atoms with E-state index in [0.29, 0.717) is 31.0 Å². The summed E-state index contributed by atoms with van der Waals surface area (Å²) in [5.41, 5.74) is 4.89. The highest BCUT2D eigenvalue weighted by molar-refractivity contribution is 7.88. The predicted molar refractivity (Wildman–Crippen MR) is 52.6 cm³/mol. The minimum atomic E-state index is -3.18. The van der Waals surface area contributed by atoms with Crippen molar-refractivity contribution in [2.24, 2.45) is 5.73 Å². The first-order valence-corrected chi connectivity index (χ1v) is 6.40. The van der Waals surface area contributed by atoms with Crippen LogP contribution in [-0.4, -0.2) is 54.4 Å². The minimum Gasteiger partial charge on any atom is -0.350 e. The van der Waals surface area contributed by atoms with Gasteiger partial charge in [-0.1, -0.05) is 0 Å². The highest BCUT2D eigenvalue weighted by atomic mass is 32.2. The fraction of sp³-hybridized carbons (Fsp3) is 0.857. The van der Waals surface area contributed by atoms with E-state index in [1.807, 2.05) is 0 Å². The molecule has 0 aromatic heterocycles. The second-order valence-electron chi connectivity index (χ2n) is 3.58. The number of piperidine rings is 1. The van der Waals surface area contributed by atoms with Crippen molar-refractivity contribution in [3.8, 4) is 0 Å². The molecule has 3 N–H and O–H groups in total. The first-order valence-electron chi connectivity index (χ1n) is 4.55. The van der Waals surface area contributed by atoms with E-state index in [9.17, 15) is 18.4 Å². The van der Waals surface area contributed by atoms with E-state index in [2.05, 4.69) is 0 Å². The molecule has 0 spiro atoms. The van der Waals surface area contributed by atoms with E-state index in [1.165, 1.54) is 4.31 Å². The zero-order valence-electron chi connectivity index (χ0n) is 8.46.